The first-order valence-corrected chi connectivity index (χ1v) is 11.2. The average molecular weight is 448 g/mol. The highest BCUT2D eigenvalue weighted by Gasteiger charge is 2.33. The van der Waals surface area contributed by atoms with Gasteiger partial charge in [0.1, 0.15) is 5.84 Å². The molecule has 7 heteroatoms. The number of hydrogen-bond donors (Lipinski definition) is 4. The van der Waals surface area contributed by atoms with Crippen LogP contribution in [0, 0.1) is 5.41 Å². The molecule has 0 aliphatic carbocycles. The fourth-order valence-electron chi connectivity index (χ4n) is 4.43. The zero-order valence-corrected chi connectivity index (χ0v) is 18.4. The van der Waals surface area contributed by atoms with E-state index in [4.69, 9.17) is 15.4 Å². The molecule has 4 rings (SSSR count). The first kappa shape index (κ1) is 22.8. The number of fused-ring (bicyclic) bond motifs is 1. The van der Waals surface area contributed by atoms with Crippen LogP contribution < -0.4 is 5.48 Å². The number of piperidine rings is 1. The van der Waals surface area contributed by atoms with Gasteiger partial charge in [-0.1, -0.05) is 60.7 Å². The zero-order chi connectivity index (χ0) is 23.2. The van der Waals surface area contributed by atoms with Gasteiger partial charge >= 0.3 is 6.09 Å². The summed E-state index contributed by atoms with van der Waals surface area (Å²) in [5, 5.41) is 28.1. The first-order chi connectivity index (χ1) is 16.0. The minimum atomic E-state index is -0.914. The van der Waals surface area contributed by atoms with Gasteiger partial charge < -0.3 is 14.7 Å². The average Bonchev–Trinajstić information content (AvgIpc) is 2.86. The highest BCUT2D eigenvalue weighted by molar-refractivity contribution is 5.83. The quantitative estimate of drug-likeness (QED) is 0.237. The number of amides is 1. The van der Waals surface area contributed by atoms with Crippen molar-refractivity contribution in [2.24, 2.45) is 0 Å². The number of benzene rings is 3. The van der Waals surface area contributed by atoms with Crippen LogP contribution in [0.15, 0.2) is 66.7 Å². The van der Waals surface area contributed by atoms with Crippen LogP contribution in [0.1, 0.15) is 35.4 Å². The molecule has 1 saturated heterocycles. The number of nitrogens with one attached hydrogen (secondary N) is 2. The summed E-state index contributed by atoms with van der Waals surface area (Å²) in [4.78, 5) is 13.0. The summed E-state index contributed by atoms with van der Waals surface area (Å²) in [6, 6.07) is 22.7. The molecule has 0 saturated carbocycles. The highest BCUT2D eigenvalue weighted by atomic mass is 16.5. The molecule has 3 aromatic rings. The van der Waals surface area contributed by atoms with Crippen LogP contribution in [0.3, 0.4) is 0 Å². The molecular formula is C26H29N3O4. The van der Waals surface area contributed by atoms with E-state index in [1.807, 2.05) is 29.7 Å². The summed E-state index contributed by atoms with van der Waals surface area (Å²) in [5.74, 6) is 0.190. The van der Waals surface area contributed by atoms with Crippen molar-refractivity contribution in [3.63, 3.8) is 0 Å². The van der Waals surface area contributed by atoms with Crippen molar-refractivity contribution >= 4 is 22.7 Å². The van der Waals surface area contributed by atoms with E-state index in [9.17, 15) is 9.90 Å². The first-order valence-electron chi connectivity index (χ1n) is 11.2. The predicted octanol–water partition coefficient (Wildman–Crippen LogP) is 4.78. The summed E-state index contributed by atoms with van der Waals surface area (Å²) in [5.41, 5.74) is 5.14. The van der Waals surface area contributed by atoms with Crippen LogP contribution in [-0.4, -0.2) is 46.3 Å². The van der Waals surface area contributed by atoms with Gasteiger partial charge in [-0.25, -0.2) is 4.79 Å². The summed E-state index contributed by atoms with van der Waals surface area (Å²) < 4.78 is 6.32. The zero-order valence-electron chi connectivity index (χ0n) is 18.4. The molecule has 3 aromatic carbocycles. The van der Waals surface area contributed by atoms with E-state index in [-0.39, 0.29) is 17.9 Å². The van der Waals surface area contributed by atoms with Gasteiger partial charge in [-0.2, -0.15) is 0 Å². The van der Waals surface area contributed by atoms with Crippen LogP contribution in [0.4, 0.5) is 4.79 Å². The fourth-order valence-corrected chi connectivity index (χ4v) is 4.43. The summed E-state index contributed by atoms with van der Waals surface area (Å²) >= 11 is 0. The Morgan fingerprint density at radius 2 is 1.79 bits per heavy atom. The number of aryl methyl sites for hydroxylation is 1. The molecule has 1 heterocycles. The Morgan fingerprint density at radius 3 is 2.52 bits per heavy atom. The molecule has 1 amide bonds. The summed E-state index contributed by atoms with van der Waals surface area (Å²) in [7, 11) is 0. The third kappa shape index (κ3) is 5.69. The number of nitrogens with zero attached hydrogens (tertiary/aromatic N) is 1. The van der Waals surface area contributed by atoms with Crippen molar-refractivity contribution in [2.45, 2.75) is 37.9 Å². The molecule has 172 valence electrons. The molecular weight excluding hydrogens is 418 g/mol. The molecule has 2 atom stereocenters. The third-order valence-corrected chi connectivity index (χ3v) is 6.31. The molecule has 2 unspecified atom stereocenters. The smallest absolute Gasteiger partial charge is 0.407 e. The number of hydrogen-bond acceptors (Lipinski definition) is 4. The van der Waals surface area contributed by atoms with E-state index >= 15 is 0 Å². The van der Waals surface area contributed by atoms with Crippen molar-refractivity contribution in [3.05, 3.63) is 83.4 Å². The highest BCUT2D eigenvalue weighted by Crippen LogP contribution is 2.32. The summed E-state index contributed by atoms with van der Waals surface area (Å²) in [6.45, 7) is 1.25. The van der Waals surface area contributed by atoms with Crippen LogP contribution in [0.25, 0.3) is 10.8 Å². The molecule has 0 aromatic heterocycles. The minimum Gasteiger partial charge on any atom is -0.465 e. The number of likely N-dealkylation sites (tertiary alicyclic amines) is 1. The van der Waals surface area contributed by atoms with Gasteiger partial charge in [-0.15, -0.1) is 0 Å². The molecule has 7 nitrogen and oxygen atoms in total. The molecule has 0 bridgehead atoms. The number of hydroxylamine groups is 1. The van der Waals surface area contributed by atoms with Gasteiger partial charge in [0.05, 0.1) is 19.3 Å². The molecule has 4 N–H and O–H groups in total. The van der Waals surface area contributed by atoms with Gasteiger partial charge in [0.15, 0.2) is 0 Å². The molecule has 1 aliphatic rings. The van der Waals surface area contributed by atoms with E-state index in [2.05, 4.69) is 42.5 Å². The lowest BCUT2D eigenvalue weighted by atomic mass is 9.86. The Morgan fingerprint density at radius 1 is 1.06 bits per heavy atom. The van der Waals surface area contributed by atoms with Crippen molar-refractivity contribution in [2.75, 3.05) is 13.1 Å². The topological polar surface area (TPSA) is 106 Å². The fraction of sp³-hybridized carbons (Fsp3) is 0.308. The van der Waals surface area contributed by atoms with Crippen molar-refractivity contribution < 1.29 is 19.8 Å². The van der Waals surface area contributed by atoms with Gasteiger partial charge in [0.25, 0.3) is 0 Å². The van der Waals surface area contributed by atoms with E-state index in [0.29, 0.717) is 39.0 Å². The lowest BCUT2D eigenvalue weighted by Gasteiger charge is -2.37. The molecule has 1 fully saturated rings. The second kappa shape index (κ2) is 10.5. The van der Waals surface area contributed by atoms with E-state index < -0.39 is 6.09 Å². The lowest BCUT2D eigenvalue weighted by Crippen LogP contribution is -2.46. The van der Waals surface area contributed by atoms with E-state index in [1.54, 1.807) is 0 Å². The van der Waals surface area contributed by atoms with Gasteiger partial charge in [0, 0.05) is 18.9 Å². The number of amidine groups is 1. The molecule has 33 heavy (non-hydrogen) atoms. The van der Waals surface area contributed by atoms with Crippen molar-refractivity contribution in [3.8, 4) is 0 Å². The molecule has 1 aliphatic heterocycles. The maximum atomic E-state index is 11.6. The second-order valence-corrected chi connectivity index (χ2v) is 8.49. The lowest BCUT2D eigenvalue weighted by molar-refractivity contribution is -0.0199. The van der Waals surface area contributed by atoms with Crippen LogP contribution in [-0.2, 0) is 17.8 Å². The minimum absolute atomic E-state index is 0.0854. The Hall–Kier alpha value is -3.42. The predicted molar refractivity (Wildman–Crippen MR) is 127 cm³/mol. The Kier molecular flexibility index (Phi) is 7.22. The SMILES string of the molecule is N=C(CCc1ccc(C2CCN(C(=O)O)CC2OCc2ccc3ccccc3c2)cc1)NO. The number of rotatable bonds is 7. The van der Waals surface area contributed by atoms with E-state index in [1.165, 1.54) is 10.3 Å². The largest absolute Gasteiger partial charge is 0.465 e. The standard InChI is InChI=1S/C26H29N3O4/c27-25(28-32)12-8-18-5-10-21(11-6-18)23-13-14-29(26(30)31)16-24(23)33-17-19-7-9-20-3-1-2-4-22(20)15-19/h1-7,9-11,15,23-24,32H,8,12-14,16-17H2,(H2,27,28)(H,30,31). The van der Waals surface area contributed by atoms with Crippen molar-refractivity contribution in [1.82, 2.24) is 10.4 Å². The number of carboxylic acid groups (broad SMARTS) is 1. The van der Waals surface area contributed by atoms with Crippen LogP contribution in [0.2, 0.25) is 0 Å². The van der Waals surface area contributed by atoms with Crippen LogP contribution in [0.5, 0.6) is 0 Å². The Balaban J connectivity index is 1.47. The Bertz CT molecular complexity index is 1120. The number of carbonyl (C=O) groups is 1. The third-order valence-electron chi connectivity index (χ3n) is 6.31. The van der Waals surface area contributed by atoms with Crippen LogP contribution >= 0.6 is 0 Å². The summed E-state index contributed by atoms with van der Waals surface area (Å²) in [6.07, 6.45) is 0.644. The second-order valence-electron chi connectivity index (χ2n) is 8.49. The molecule has 0 spiro atoms. The van der Waals surface area contributed by atoms with Gasteiger partial charge in [-0.05, 0) is 46.4 Å². The maximum absolute atomic E-state index is 11.6. The normalized spacial score (nSPS) is 18.3. The maximum Gasteiger partial charge on any atom is 0.407 e. The Labute approximate surface area is 193 Å². The molecule has 0 radical (unpaired) electrons. The van der Waals surface area contributed by atoms with Gasteiger partial charge in [-0.3, -0.25) is 16.1 Å². The van der Waals surface area contributed by atoms with Gasteiger partial charge in [0.2, 0.25) is 0 Å². The van der Waals surface area contributed by atoms with E-state index in [0.717, 1.165) is 22.1 Å². The van der Waals surface area contributed by atoms with Crippen molar-refractivity contribution in [1.29, 1.82) is 5.41 Å². The monoisotopic (exact) mass is 447 g/mol. The number of ether oxygens (including phenoxy) is 1.